The Balaban J connectivity index is 2.18. The van der Waals surface area contributed by atoms with Crippen LogP contribution in [0, 0.1) is 0 Å². The van der Waals surface area contributed by atoms with Crippen LogP contribution in [0.4, 0.5) is 0 Å². The van der Waals surface area contributed by atoms with Crippen molar-refractivity contribution in [3.63, 3.8) is 0 Å². The van der Waals surface area contributed by atoms with E-state index in [4.69, 9.17) is 14.5 Å². The zero-order valence-corrected chi connectivity index (χ0v) is 20.5. The smallest absolute Gasteiger partial charge is 0.332 e. The van der Waals surface area contributed by atoms with Gasteiger partial charge in [-0.1, -0.05) is 28.1 Å². The van der Waals surface area contributed by atoms with Gasteiger partial charge in [0.2, 0.25) is 0 Å². The lowest BCUT2D eigenvalue weighted by Crippen LogP contribution is -2.40. The molecule has 0 bridgehead atoms. The number of alkyl halides is 1. The van der Waals surface area contributed by atoms with Gasteiger partial charge in [0.15, 0.2) is 22.7 Å². The van der Waals surface area contributed by atoms with E-state index in [9.17, 15) is 9.59 Å². The van der Waals surface area contributed by atoms with E-state index in [1.54, 1.807) is 25.7 Å². The fourth-order valence-corrected chi connectivity index (χ4v) is 4.11. The van der Waals surface area contributed by atoms with Crippen molar-refractivity contribution in [3.05, 3.63) is 50.4 Å². The molecule has 3 aromatic rings. The molecule has 0 amide bonds. The Morgan fingerprint density at radius 1 is 0.969 bits per heavy atom. The van der Waals surface area contributed by atoms with Crippen molar-refractivity contribution in [3.8, 4) is 11.5 Å². The molecule has 1 aromatic carbocycles. The van der Waals surface area contributed by atoms with Crippen LogP contribution < -0.4 is 20.7 Å². The predicted molar refractivity (Wildman–Crippen MR) is 131 cm³/mol. The standard InChI is InChI=1S/C23H29BrN4O4/c1-5-26-21-20(22(29)27(6-2)23(26)30)28(14-8-7-13-24)19(25-21)12-10-16-9-11-17(31-3)18(15-16)32-4/h9-12,15H,5-8,13-14H2,1-4H3/b12-10+. The average molecular weight is 505 g/mol. The Morgan fingerprint density at radius 2 is 1.69 bits per heavy atom. The summed E-state index contributed by atoms with van der Waals surface area (Å²) in [6, 6.07) is 5.63. The second-order valence-electron chi connectivity index (χ2n) is 7.21. The first-order valence-corrected chi connectivity index (χ1v) is 11.8. The molecule has 0 saturated carbocycles. The zero-order valence-electron chi connectivity index (χ0n) is 18.9. The molecule has 0 unspecified atom stereocenters. The van der Waals surface area contributed by atoms with Crippen molar-refractivity contribution < 1.29 is 9.47 Å². The summed E-state index contributed by atoms with van der Waals surface area (Å²) in [6.45, 7) is 5.07. The molecule has 0 aliphatic carbocycles. The summed E-state index contributed by atoms with van der Waals surface area (Å²) in [4.78, 5) is 30.7. The number of imidazole rings is 1. The lowest BCUT2D eigenvalue weighted by molar-refractivity contribution is 0.355. The van der Waals surface area contributed by atoms with Crippen molar-refractivity contribution in [2.45, 2.75) is 46.3 Å². The number of ether oxygens (including phenoxy) is 2. The number of halogens is 1. The number of aromatic nitrogens is 4. The summed E-state index contributed by atoms with van der Waals surface area (Å²) in [5.41, 5.74) is 1.18. The normalized spacial score (nSPS) is 11.5. The molecular formula is C23H29BrN4O4. The summed E-state index contributed by atoms with van der Waals surface area (Å²) < 4.78 is 15.4. The number of fused-ring (bicyclic) bond motifs is 1. The van der Waals surface area contributed by atoms with E-state index in [1.807, 2.05) is 41.8 Å². The Kier molecular flexibility index (Phi) is 7.95. The summed E-state index contributed by atoms with van der Waals surface area (Å²) in [5, 5.41) is 0.884. The first-order valence-electron chi connectivity index (χ1n) is 10.7. The molecule has 2 heterocycles. The van der Waals surface area contributed by atoms with E-state index in [0.29, 0.717) is 48.1 Å². The van der Waals surface area contributed by atoms with Gasteiger partial charge in [0.25, 0.3) is 5.56 Å². The molecule has 0 aliphatic heterocycles. The SMILES string of the molecule is CCn1c(=O)c2c(nc(/C=C/c3ccc(OC)c(OC)c3)n2CCCCBr)n(CC)c1=O. The Labute approximate surface area is 195 Å². The van der Waals surface area contributed by atoms with Crippen LogP contribution in [-0.4, -0.2) is 38.2 Å². The van der Waals surface area contributed by atoms with Gasteiger partial charge in [-0.3, -0.25) is 13.9 Å². The molecule has 0 aliphatic rings. The number of unbranched alkanes of at least 4 members (excludes halogenated alkanes) is 1. The summed E-state index contributed by atoms with van der Waals surface area (Å²) in [6.07, 6.45) is 5.63. The van der Waals surface area contributed by atoms with E-state index in [-0.39, 0.29) is 11.2 Å². The summed E-state index contributed by atoms with van der Waals surface area (Å²) in [5.74, 6) is 1.92. The van der Waals surface area contributed by atoms with Gasteiger partial charge in [0.05, 0.1) is 14.2 Å². The lowest BCUT2D eigenvalue weighted by Gasteiger charge is -2.10. The van der Waals surface area contributed by atoms with Crippen molar-refractivity contribution >= 4 is 39.2 Å². The molecule has 0 radical (unpaired) electrons. The van der Waals surface area contributed by atoms with Crippen molar-refractivity contribution in [1.82, 2.24) is 18.7 Å². The second kappa shape index (κ2) is 10.7. The molecule has 0 N–H and O–H groups in total. The number of hydrogen-bond donors (Lipinski definition) is 0. The van der Waals surface area contributed by atoms with E-state index >= 15 is 0 Å². The van der Waals surface area contributed by atoms with Crippen molar-refractivity contribution in [2.75, 3.05) is 19.5 Å². The van der Waals surface area contributed by atoms with E-state index in [0.717, 1.165) is 23.7 Å². The molecule has 3 rings (SSSR count). The van der Waals surface area contributed by atoms with Crippen LogP contribution in [0.3, 0.4) is 0 Å². The summed E-state index contributed by atoms with van der Waals surface area (Å²) in [7, 11) is 3.19. The number of benzene rings is 1. The molecule has 0 fully saturated rings. The largest absolute Gasteiger partial charge is 0.493 e. The highest BCUT2D eigenvalue weighted by Crippen LogP contribution is 2.28. The van der Waals surface area contributed by atoms with Crippen molar-refractivity contribution in [2.24, 2.45) is 0 Å². The Bertz CT molecular complexity index is 1240. The van der Waals surface area contributed by atoms with Crippen LogP contribution in [0.5, 0.6) is 11.5 Å². The summed E-state index contributed by atoms with van der Waals surface area (Å²) >= 11 is 3.47. The minimum absolute atomic E-state index is 0.297. The van der Waals surface area contributed by atoms with Crippen LogP contribution in [0.15, 0.2) is 27.8 Å². The number of nitrogens with zero attached hydrogens (tertiary/aromatic N) is 4. The molecule has 32 heavy (non-hydrogen) atoms. The monoisotopic (exact) mass is 504 g/mol. The van der Waals surface area contributed by atoms with Crippen molar-refractivity contribution in [1.29, 1.82) is 0 Å². The Hall–Kier alpha value is -2.81. The first-order chi connectivity index (χ1) is 15.5. The van der Waals surface area contributed by atoms with Gasteiger partial charge in [0, 0.05) is 25.0 Å². The highest BCUT2D eigenvalue weighted by atomic mass is 79.9. The fourth-order valence-electron chi connectivity index (χ4n) is 3.72. The van der Waals surface area contributed by atoms with E-state index in [1.165, 1.54) is 4.57 Å². The number of rotatable bonds is 10. The van der Waals surface area contributed by atoms with Crippen LogP contribution in [-0.2, 0) is 19.6 Å². The molecule has 8 nitrogen and oxygen atoms in total. The van der Waals surface area contributed by atoms with Crippen LogP contribution in [0.2, 0.25) is 0 Å². The van der Waals surface area contributed by atoms with Gasteiger partial charge in [0.1, 0.15) is 5.82 Å². The van der Waals surface area contributed by atoms with E-state index < -0.39 is 0 Å². The average Bonchev–Trinajstić information content (AvgIpc) is 3.16. The van der Waals surface area contributed by atoms with Gasteiger partial charge < -0.3 is 14.0 Å². The zero-order chi connectivity index (χ0) is 23.3. The number of hydrogen-bond acceptors (Lipinski definition) is 5. The maximum atomic E-state index is 13.2. The lowest BCUT2D eigenvalue weighted by atomic mass is 10.2. The third-order valence-corrected chi connectivity index (χ3v) is 5.93. The second-order valence-corrected chi connectivity index (χ2v) is 8.01. The molecule has 0 saturated heterocycles. The van der Waals surface area contributed by atoms with Gasteiger partial charge in [-0.2, -0.15) is 0 Å². The quantitative estimate of drug-likeness (QED) is 0.310. The highest BCUT2D eigenvalue weighted by molar-refractivity contribution is 9.09. The van der Waals surface area contributed by atoms with Crippen LogP contribution in [0.25, 0.3) is 23.3 Å². The third-order valence-electron chi connectivity index (χ3n) is 5.37. The molecule has 0 spiro atoms. The highest BCUT2D eigenvalue weighted by Gasteiger charge is 2.19. The fraction of sp³-hybridized carbons (Fsp3) is 0.435. The van der Waals surface area contributed by atoms with Gasteiger partial charge in [-0.25, -0.2) is 9.78 Å². The maximum Gasteiger partial charge on any atom is 0.332 e. The topological polar surface area (TPSA) is 80.3 Å². The molecule has 9 heteroatoms. The van der Waals surface area contributed by atoms with E-state index in [2.05, 4.69) is 15.9 Å². The minimum Gasteiger partial charge on any atom is -0.493 e. The molecule has 2 aromatic heterocycles. The minimum atomic E-state index is -0.326. The third kappa shape index (κ3) is 4.53. The van der Waals surface area contributed by atoms with Gasteiger partial charge >= 0.3 is 5.69 Å². The predicted octanol–water partition coefficient (Wildman–Crippen LogP) is 3.76. The molecule has 172 valence electrons. The van der Waals surface area contributed by atoms with Crippen LogP contribution in [0.1, 0.15) is 38.1 Å². The maximum absolute atomic E-state index is 13.2. The molecule has 0 atom stereocenters. The van der Waals surface area contributed by atoms with Gasteiger partial charge in [-0.15, -0.1) is 0 Å². The number of aryl methyl sites for hydroxylation is 2. The Morgan fingerprint density at radius 3 is 2.31 bits per heavy atom. The first kappa shape index (κ1) is 23.8. The number of methoxy groups -OCH3 is 2. The van der Waals surface area contributed by atoms with Gasteiger partial charge in [-0.05, 0) is 50.5 Å². The molecular weight excluding hydrogens is 476 g/mol. The van der Waals surface area contributed by atoms with Crippen LogP contribution >= 0.6 is 15.9 Å².